The molecule has 0 aliphatic carbocycles. The molecule has 0 radical (unpaired) electrons. The van der Waals surface area contributed by atoms with E-state index in [0.717, 1.165) is 11.3 Å². The molecule has 0 heterocycles. The summed E-state index contributed by atoms with van der Waals surface area (Å²) in [6, 6.07) is 26.6. The average molecular weight is 387 g/mol. The van der Waals surface area contributed by atoms with Crippen molar-refractivity contribution < 1.29 is 14.3 Å². The Balaban J connectivity index is 0.000000221. The summed E-state index contributed by atoms with van der Waals surface area (Å²) in [6.45, 7) is 4.37. The van der Waals surface area contributed by atoms with Gasteiger partial charge in [0.05, 0.1) is 0 Å². The second kappa shape index (κ2) is 12.0. The monoisotopic (exact) mass is 387 g/mol. The van der Waals surface area contributed by atoms with Gasteiger partial charge in [-0.25, -0.2) is 0 Å². The van der Waals surface area contributed by atoms with E-state index in [0.29, 0.717) is 18.1 Å². The number of carbonyl (C=O) groups is 1. The molecular weight excluding hydrogens is 362 g/mol. The predicted molar refractivity (Wildman–Crippen MR) is 114 cm³/mol. The van der Waals surface area contributed by atoms with Gasteiger partial charge in [0.2, 0.25) is 0 Å². The van der Waals surface area contributed by atoms with Crippen molar-refractivity contribution in [1.29, 1.82) is 5.26 Å². The van der Waals surface area contributed by atoms with Gasteiger partial charge >= 0.3 is 0 Å². The topological polar surface area (TPSA) is 59.3 Å². The van der Waals surface area contributed by atoms with Gasteiger partial charge < -0.3 is 9.47 Å². The summed E-state index contributed by atoms with van der Waals surface area (Å²) in [5, 5.41) is 8.23. The Morgan fingerprint density at radius 1 is 0.862 bits per heavy atom. The first-order chi connectivity index (χ1) is 14.1. The molecule has 0 atom stereocenters. The molecule has 29 heavy (non-hydrogen) atoms. The number of benzene rings is 3. The largest absolute Gasteiger partial charge is 0.486 e. The van der Waals surface area contributed by atoms with Crippen LogP contribution in [0.4, 0.5) is 0 Å². The summed E-state index contributed by atoms with van der Waals surface area (Å²) in [4.78, 5) is 11.7. The van der Waals surface area contributed by atoms with E-state index in [1.165, 1.54) is 5.56 Å². The van der Waals surface area contributed by atoms with Crippen LogP contribution in [-0.2, 0) is 11.2 Å². The van der Waals surface area contributed by atoms with Gasteiger partial charge in [0.25, 0.3) is 6.26 Å². The van der Waals surface area contributed by atoms with Crippen LogP contribution < -0.4 is 9.47 Å². The van der Waals surface area contributed by atoms with Crippen LogP contribution in [0.3, 0.4) is 0 Å². The third-order valence-electron chi connectivity index (χ3n) is 4.10. The van der Waals surface area contributed by atoms with Crippen LogP contribution in [0.25, 0.3) is 0 Å². The third kappa shape index (κ3) is 8.32. The van der Waals surface area contributed by atoms with E-state index in [-0.39, 0.29) is 12.4 Å². The molecule has 0 saturated carbocycles. The molecular formula is C25H25NO3. The fourth-order valence-electron chi connectivity index (χ4n) is 2.53. The first-order valence-corrected chi connectivity index (χ1v) is 9.48. The fourth-order valence-corrected chi connectivity index (χ4v) is 2.53. The van der Waals surface area contributed by atoms with Gasteiger partial charge in [-0.3, -0.25) is 4.79 Å². The van der Waals surface area contributed by atoms with Crippen molar-refractivity contribution in [3.05, 3.63) is 96.1 Å². The minimum atomic E-state index is 0.0834. The zero-order valence-electron chi connectivity index (χ0n) is 16.7. The fraction of sp³-hybridized carbons (Fsp3) is 0.200. The smallest absolute Gasteiger partial charge is 0.292 e. The van der Waals surface area contributed by atoms with Gasteiger partial charge in [-0.2, -0.15) is 0 Å². The van der Waals surface area contributed by atoms with Gasteiger partial charge in [0.15, 0.2) is 5.78 Å². The van der Waals surface area contributed by atoms with E-state index in [1.807, 2.05) is 72.8 Å². The quantitative estimate of drug-likeness (QED) is 0.499. The SMILES string of the molecule is CC(C)c1ccc(OC#N)cc1.O=C(COc1ccccc1)Cc1ccccc1. The van der Waals surface area contributed by atoms with Crippen LogP contribution >= 0.6 is 0 Å². The Morgan fingerprint density at radius 2 is 1.45 bits per heavy atom. The highest BCUT2D eigenvalue weighted by Gasteiger charge is 2.04. The number of nitriles is 1. The van der Waals surface area contributed by atoms with Gasteiger partial charge in [-0.1, -0.05) is 74.5 Å². The second-order valence-corrected chi connectivity index (χ2v) is 6.72. The number of rotatable bonds is 7. The van der Waals surface area contributed by atoms with Crippen molar-refractivity contribution in [3.8, 4) is 17.8 Å². The summed E-state index contributed by atoms with van der Waals surface area (Å²) in [7, 11) is 0. The predicted octanol–water partition coefficient (Wildman–Crippen LogP) is 5.55. The third-order valence-corrected chi connectivity index (χ3v) is 4.10. The molecule has 0 N–H and O–H groups in total. The van der Waals surface area contributed by atoms with Crippen LogP contribution in [-0.4, -0.2) is 12.4 Å². The first-order valence-electron chi connectivity index (χ1n) is 9.48. The molecule has 0 spiro atoms. The summed E-state index contributed by atoms with van der Waals surface area (Å²) in [6.07, 6.45) is 2.06. The molecule has 0 fully saturated rings. The number of para-hydroxylation sites is 1. The van der Waals surface area contributed by atoms with Crippen LogP contribution in [0.1, 0.15) is 30.9 Å². The maximum absolute atomic E-state index is 11.7. The Morgan fingerprint density at radius 3 is 2.00 bits per heavy atom. The van der Waals surface area contributed by atoms with Crippen molar-refractivity contribution in [1.82, 2.24) is 0 Å². The number of nitrogens with zero attached hydrogens (tertiary/aromatic N) is 1. The van der Waals surface area contributed by atoms with E-state index in [2.05, 4.69) is 18.6 Å². The molecule has 0 amide bonds. The number of ketones is 1. The number of ether oxygens (including phenoxy) is 2. The molecule has 4 heteroatoms. The molecule has 3 aromatic rings. The van der Waals surface area contributed by atoms with Gasteiger partial charge in [0, 0.05) is 6.42 Å². The standard InChI is InChI=1S/C15H14O2.C10H11NO/c16-14(11-13-7-3-1-4-8-13)12-17-15-9-5-2-6-10-15;1-8(2)9-3-5-10(6-4-9)12-7-11/h1-10H,11-12H2;3-6,8H,1-2H3. The van der Waals surface area contributed by atoms with Gasteiger partial charge in [-0.15, -0.1) is 5.26 Å². The van der Waals surface area contributed by atoms with Gasteiger partial charge in [-0.05, 0) is 41.3 Å². The lowest BCUT2D eigenvalue weighted by atomic mass is 10.0. The molecule has 0 aliphatic rings. The van der Waals surface area contributed by atoms with E-state index >= 15 is 0 Å². The van der Waals surface area contributed by atoms with Crippen molar-refractivity contribution in [2.45, 2.75) is 26.2 Å². The molecule has 3 rings (SSSR count). The summed E-state index contributed by atoms with van der Waals surface area (Å²) >= 11 is 0. The molecule has 0 saturated heterocycles. The number of carbonyl (C=O) groups excluding carboxylic acids is 1. The summed E-state index contributed by atoms with van der Waals surface area (Å²) < 4.78 is 10.0. The summed E-state index contributed by atoms with van der Waals surface area (Å²) in [5.74, 6) is 1.93. The number of Topliss-reactive ketones (excluding diaryl/α,β-unsaturated/α-hetero) is 1. The maximum Gasteiger partial charge on any atom is 0.292 e. The van der Waals surface area contributed by atoms with Crippen LogP contribution in [0.2, 0.25) is 0 Å². The molecule has 0 aliphatic heterocycles. The maximum atomic E-state index is 11.7. The normalized spacial score (nSPS) is 9.72. The summed E-state index contributed by atoms with van der Waals surface area (Å²) in [5.41, 5.74) is 2.27. The Kier molecular flexibility index (Phi) is 8.98. The molecule has 148 valence electrons. The highest BCUT2D eigenvalue weighted by molar-refractivity contribution is 5.82. The minimum Gasteiger partial charge on any atom is -0.486 e. The number of hydrogen-bond acceptors (Lipinski definition) is 4. The van der Waals surface area contributed by atoms with Crippen LogP contribution in [0.5, 0.6) is 11.5 Å². The van der Waals surface area contributed by atoms with E-state index < -0.39 is 0 Å². The zero-order valence-corrected chi connectivity index (χ0v) is 16.7. The van der Waals surface area contributed by atoms with Crippen LogP contribution in [0, 0.1) is 11.5 Å². The van der Waals surface area contributed by atoms with E-state index in [4.69, 9.17) is 10.00 Å². The molecule has 0 aromatic heterocycles. The zero-order chi connectivity index (χ0) is 20.9. The lowest BCUT2D eigenvalue weighted by Crippen LogP contribution is -2.13. The van der Waals surface area contributed by atoms with Crippen molar-refractivity contribution in [2.24, 2.45) is 0 Å². The average Bonchev–Trinajstić information content (AvgIpc) is 2.75. The minimum absolute atomic E-state index is 0.0834. The molecule has 0 bridgehead atoms. The highest BCUT2D eigenvalue weighted by atomic mass is 16.5. The first kappa shape index (κ1) is 21.7. The molecule has 3 aromatic carbocycles. The second-order valence-electron chi connectivity index (χ2n) is 6.72. The number of hydrogen-bond donors (Lipinski definition) is 0. The Hall–Kier alpha value is -3.58. The Labute approximate surface area is 172 Å². The molecule has 0 unspecified atom stereocenters. The van der Waals surface area contributed by atoms with Crippen LogP contribution in [0.15, 0.2) is 84.9 Å². The van der Waals surface area contributed by atoms with Crippen molar-refractivity contribution in [2.75, 3.05) is 6.61 Å². The van der Waals surface area contributed by atoms with E-state index in [9.17, 15) is 4.79 Å². The van der Waals surface area contributed by atoms with Crippen molar-refractivity contribution >= 4 is 5.78 Å². The lowest BCUT2D eigenvalue weighted by Gasteiger charge is -2.05. The Bertz CT molecular complexity index is 898. The van der Waals surface area contributed by atoms with Gasteiger partial charge in [0.1, 0.15) is 18.1 Å². The highest BCUT2D eigenvalue weighted by Crippen LogP contribution is 2.18. The van der Waals surface area contributed by atoms with Crippen molar-refractivity contribution in [3.63, 3.8) is 0 Å². The lowest BCUT2D eigenvalue weighted by molar-refractivity contribution is -0.120. The molecule has 4 nitrogen and oxygen atoms in total. The van der Waals surface area contributed by atoms with E-state index in [1.54, 1.807) is 18.4 Å².